The van der Waals surface area contributed by atoms with Gasteiger partial charge in [-0.3, -0.25) is 9.59 Å². The summed E-state index contributed by atoms with van der Waals surface area (Å²) in [6.07, 6.45) is 0. The van der Waals surface area contributed by atoms with Gasteiger partial charge >= 0.3 is 0 Å². The van der Waals surface area contributed by atoms with Crippen molar-refractivity contribution in [2.24, 2.45) is 0 Å². The van der Waals surface area contributed by atoms with E-state index in [0.717, 1.165) is 17.8 Å². The largest absolute Gasteiger partial charge is 0.342 e. The second-order valence-corrected chi connectivity index (χ2v) is 5.79. The average Bonchev–Trinajstić information content (AvgIpc) is 2.66. The second kappa shape index (κ2) is 10.6. The molecule has 5 nitrogen and oxygen atoms in total. The summed E-state index contributed by atoms with van der Waals surface area (Å²) in [5, 5.41) is 6.20. The Morgan fingerprint density at radius 3 is 2.38 bits per heavy atom. The number of carbonyl (C=O) groups is 2. The van der Waals surface area contributed by atoms with Gasteiger partial charge in [0.1, 0.15) is 0 Å². The molecule has 0 saturated carbocycles. The minimum atomic E-state index is -0.224. The van der Waals surface area contributed by atoms with Crippen LogP contribution >= 0.6 is 12.4 Å². The van der Waals surface area contributed by atoms with E-state index in [9.17, 15) is 9.59 Å². The van der Waals surface area contributed by atoms with E-state index in [1.54, 1.807) is 36.2 Å². The summed E-state index contributed by atoms with van der Waals surface area (Å²) in [6, 6.07) is 14.5. The summed E-state index contributed by atoms with van der Waals surface area (Å²) in [7, 11) is 1.74. The van der Waals surface area contributed by atoms with Crippen molar-refractivity contribution in [1.29, 1.82) is 0 Å². The maximum Gasteiger partial charge on any atom is 0.255 e. The topological polar surface area (TPSA) is 61.4 Å². The van der Waals surface area contributed by atoms with Gasteiger partial charge in [0.15, 0.2) is 0 Å². The number of benzene rings is 2. The van der Waals surface area contributed by atoms with Gasteiger partial charge < -0.3 is 15.5 Å². The zero-order valence-corrected chi connectivity index (χ0v) is 16.2. The van der Waals surface area contributed by atoms with Crippen LogP contribution in [0.25, 0.3) is 0 Å². The van der Waals surface area contributed by atoms with Crippen molar-refractivity contribution in [2.75, 3.05) is 25.5 Å². The molecule has 140 valence electrons. The normalized spacial score (nSPS) is 9.96. The highest BCUT2D eigenvalue weighted by Crippen LogP contribution is 2.17. The highest BCUT2D eigenvalue weighted by molar-refractivity contribution is 6.06. The maximum absolute atomic E-state index is 12.6. The molecule has 2 amide bonds. The average molecular weight is 376 g/mol. The van der Waals surface area contributed by atoms with Crippen LogP contribution in [-0.2, 0) is 6.54 Å². The molecule has 0 fully saturated rings. The van der Waals surface area contributed by atoms with Crippen molar-refractivity contribution in [3.05, 3.63) is 65.2 Å². The molecule has 6 heteroatoms. The Bertz CT molecular complexity index is 749. The predicted molar refractivity (Wildman–Crippen MR) is 108 cm³/mol. The van der Waals surface area contributed by atoms with Gasteiger partial charge in [0.25, 0.3) is 11.8 Å². The van der Waals surface area contributed by atoms with Crippen LogP contribution in [0.2, 0.25) is 0 Å². The van der Waals surface area contributed by atoms with Gasteiger partial charge in [0, 0.05) is 37.0 Å². The number of hydrogen-bond donors (Lipinski definition) is 2. The van der Waals surface area contributed by atoms with Crippen molar-refractivity contribution in [3.63, 3.8) is 0 Å². The Morgan fingerprint density at radius 1 is 1.00 bits per heavy atom. The Kier molecular flexibility index (Phi) is 8.82. The van der Waals surface area contributed by atoms with Crippen LogP contribution in [0.3, 0.4) is 0 Å². The third kappa shape index (κ3) is 5.58. The number of rotatable bonds is 7. The van der Waals surface area contributed by atoms with E-state index >= 15 is 0 Å². The number of nitrogens with one attached hydrogen (secondary N) is 2. The third-order valence-electron chi connectivity index (χ3n) is 4.02. The summed E-state index contributed by atoms with van der Waals surface area (Å²) in [4.78, 5) is 26.5. The lowest BCUT2D eigenvalue weighted by Crippen LogP contribution is -2.26. The molecule has 0 aliphatic carbocycles. The Morgan fingerprint density at radius 2 is 1.69 bits per heavy atom. The van der Waals surface area contributed by atoms with Crippen molar-refractivity contribution in [2.45, 2.75) is 20.4 Å². The summed E-state index contributed by atoms with van der Waals surface area (Å²) in [5.74, 6) is -0.317. The van der Waals surface area contributed by atoms with Crippen molar-refractivity contribution < 1.29 is 9.59 Å². The molecular weight excluding hydrogens is 350 g/mol. The van der Waals surface area contributed by atoms with Crippen LogP contribution in [0, 0.1) is 0 Å². The molecule has 0 saturated heterocycles. The summed E-state index contributed by atoms with van der Waals surface area (Å²) < 4.78 is 0. The minimum absolute atomic E-state index is 0. The first-order chi connectivity index (χ1) is 12.1. The first kappa shape index (κ1) is 21.7. The van der Waals surface area contributed by atoms with Crippen LogP contribution in [0.15, 0.2) is 48.5 Å². The molecule has 0 aliphatic rings. The highest BCUT2D eigenvalue weighted by atomic mass is 35.5. The molecule has 0 heterocycles. The zero-order chi connectivity index (χ0) is 18.2. The third-order valence-corrected chi connectivity index (χ3v) is 4.02. The maximum atomic E-state index is 12.6. The molecule has 0 aliphatic heterocycles. The van der Waals surface area contributed by atoms with Crippen molar-refractivity contribution in [3.8, 4) is 0 Å². The van der Waals surface area contributed by atoms with E-state index in [1.165, 1.54) is 0 Å². The van der Waals surface area contributed by atoms with Crippen molar-refractivity contribution >= 4 is 29.9 Å². The summed E-state index contributed by atoms with van der Waals surface area (Å²) in [5.41, 5.74) is 2.78. The number of carbonyl (C=O) groups excluding carboxylic acids is 2. The smallest absolute Gasteiger partial charge is 0.255 e. The standard InChI is InChI=1S/C20H25N3O2.ClH/c1-4-21-14-17-9-6-7-12-18(17)22-19(24)15-10-8-11-16(13-15)20(25)23(3)5-2;/h6-13,21H,4-5,14H2,1-3H3,(H,22,24);1H. The van der Waals surface area contributed by atoms with Crippen LogP contribution in [0.1, 0.15) is 40.1 Å². The van der Waals surface area contributed by atoms with Gasteiger partial charge in [-0.1, -0.05) is 31.2 Å². The predicted octanol–water partition coefficient (Wildman–Crippen LogP) is 3.56. The number of halogens is 1. The van der Waals surface area contributed by atoms with E-state index in [2.05, 4.69) is 10.6 Å². The lowest BCUT2D eigenvalue weighted by atomic mass is 10.1. The van der Waals surface area contributed by atoms with Crippen molar-refractivity contribution in [1.82, 2.24) is 10.2 Å². The van der Waals surface area contributed by atoms with E-state index in [0.29, 0.717) is 24.2 Å². The number of hydrogen-bond acceptors (Lipinski definition) is 3. The Hall–Kier alpha value is -2.37. The molecule has 0 unspecified atom stereocenters. The summed E-state index contributed by atoms with van der Waals surface area (Å²) in [6.45, 7) is 6.12. The van der Waals surface area contributed by atoms with Crippen LogP contribution in [-0.4, -0.2) is 36.9 Å². The Labute approximate surface area is 161 Å². The SMILES string of the molecule is CCNCc1ccccc1NC(=O)c1cccc(C(=O)N(C)CC)c1.Cl. The molecule has 26 heavy (non-hydrogen) atoms. The Balaban J connectivity index is 0.00000338. The lowest BCUT2D eigenvalue weighted by molar-refractivity contribution is 0.0802. The molecule has 2 N–H and O–H groups in total. The van der Waals surface area contributed by atoms with Gasteiger partial charge in [-0.15, -0.1) is 12.4 Å². The molecule has 0 aromatic heterocycles. The van der Waals surface area contributed by atoms with Crippen LogP contribution < -0.4 is 10.6 Å². The van der Waals surface area contributed by atoms with E-state index in [-0.39, 0.29) is 24.2 Å². The first-order valence-corrected chi connectivity index (χ1v) is 8.52. The molecule has 2 aromatic carbocycles. The van der Waals surface area contributed by atoms with Gasteiger partial charge in [-0.2, -0.15) is 0 Å². The number of para-hydroxylation sites is 1. The van der Waals surface area contributed by atoms with Gasteiger partial charge in [-0.05, 0) is 43.3 Å². The zero-order valence-electron chi connectivity index (χ0n) is 15.4. The number of amides is 2. The van der Waals surface area contributed by atoms with Crippen LogP contribution in [0.4, 0.5) is 5.69 Å². The molecule has 0 spiro atoms. The van der Waals surface area contributed by atoms with E-state index in [1.807, 2.05) is 38.1 Å². The lowest BCUT2D eigenvalue weighted by Gasteiger charge is -2.15. The molecular formula is C20H26ClN3O2. The molecule has 0 radical (unpaired) electrons. The minimum Gasteiger partial charge on any atom is -0.342 e. The quantitative estimate of drug-likeness (QED) is 0.777. The molecule has 0 bridgehead atoms. The van der Waals surface area contributed by atoms with Gasteiger partial charge in [-0.25, -0.2) is 0 Å². The van der Waals surface area contributed by atoms with Crippen LogP contribution in [0.5, 0.6) is 0 Å². The monoisotopic (exact) mass is 375 g/mol. The number of nitrogens with zero attached hydrogens (tertiary/aromatic N) is 1. The van der Waals surface area contributed by atoms with E-state index in [4.69, 9.17) is 0 Å². The molecule has 0 atom stereocenters. The fourth-order valence-corrected chi connectivity index (χ4v) is 2.41. The highest BCUT2D eigenvalue weighted by Gasteiger charge is 2.14. The van der Waals surface area contributed by atoms with Gasteiger partial charge in [0.05, 0.1) is 0 Å². The summed E-state index contributed by atoms with van der Waals surface area (Å²) >= 11 is 0. The first-order valence-electron chi connectivity index (χ1n) is 8.52. The molecule has 2 aromatic rings. The number of anilines is 1. The molecule has 2 rings (SSSR count). The fourth-order valence-electron chi connectivity index (χ4n) is 2.41. The fraction of sp³-hybridized carbons (Fsp3) is 0.300. The van der Waals surface area contributed by atoms with E-state index < -0.39 is 0 Å². The second-order valence-electron chi connectivity index (χ2n) is 5.79. The van der Waals surface area contributed by atoms with Gasteiger partial charge in [0.2, 0.25) is 0 Å².